The van der Waals surface area contributed by atoms with E-state index in [1.54, 1.807) is 0 Å². The molecule has 3 N–H and O–H groups in total. The van der Waals surface area contributed by atoms with Gasteiger partial charge >= 0.3 is 0 Å². The van der Waals surface area contributed by atoms with Crippen molar-refractivity contribution < 1.29 is 0 Å². The van der Waals surface area contributed by atoms with E-state index in [0.717, 1.165) is 12.1 Å². The fraction of sp³-hybridized carbons (Fsp3) is 0.545. The van der Waals surface area contributed by atoms with Gasteiger partial charge in [0, 0.05) is 40.3 Å². The van der Waals surface area contributed by atoms with Gasteiger partial charge in [-0.05, 0) is 45.3 Å². The molecule has 2 atom stereocenters. The molecule has 6 heteroatoms. The SMILES string of the molecule is Cc1c(C=NCNC2=CCC(SN)C=C2)cc2n1C1(C=NC2C)CCCCC1. The first kappa shape index (κ1) is 19.5. The molecule has 1 aliphatic heterocycles. The summed E-state index contributed by atoms with van der Waals surface area (Å²) in [5.41, 5.74) is 5.08. The van der Waals surface area contributed by atoms with Crippen molar-refractivity contribution in [3.8, 4) is 0 Å². The Morgan fingerprint density at radius 3 is 2.93 bits per heavy atom. The third kappa shape index (κ3) is 3.72. The standard InChI is InChI=1S/C22H31N5S/c1-16-21-12-18(13-24-15-26-19-6-8-20(28-23)9-7-19)17(2)27(21)22(14-25-16)10-4-3-5-11-22/h6-8,12-14,16,20,26H,3-5,9-11,15,23H2,1-2H3. The lowest BCUT2D eigenvalue weighted by Crippen LogP contribution is -2.41. The Kier molecular flexibility index (Phi) is 5.78. The van der Waals surface area contributed by atoms with E-state index in [-0.39, 0.29) is 11.6 Å². The molecule has 3 aliphatic rings. The highest BCUT2D eigenvalue weighted by molar-refractivity contribution is 7.97. The van der Waals surface area contributed by atoms with Crippen LogP contribution in [0.5, 0.6) is 0 Å². The number of fused-ring (bicyclic) bond motifs is 2. The highest BCUT2D eigenvalue weighted by Crippen LogP contribution is 2.41. The van der Waals surface area contributed by atoms with E-state index in [0.29, 0.717) is 11.9 Å². The zero-order valence-electron chi connectivity index (χ0n) is 16.9. The van der Waals surface area contributed by atoms with Crippen LogP contribution in [0.4, 0.5) is 0 Å². The summed E-state index contributed by atoms with van der Waals surface area (Å²) >= 11 is 1.40. The zero-order chi connectivity index (χ0) is 19.6. The predicted octanol–water partition coefficient (Wildman–Crippen LogP) is 4.39. The van der Waals surface area contributed by atoms with Crippen LogP contribution in [0.15, 0.2) is 40.0 Å². The Morgan fingerprint density at radius 2 is 2.21 bits per heavy atom. The van der Waals surface area contributed by atoms with Crippen molar-refractivity contribution in [1.82, 2.24) is 9.88 Å². The number of hydrogen-bond donors (Lipinski definition) is 2. The van der Waals surface area contributed by atoms with E-state index < -0.39 is 0 Å². The van der Waals surface area contributed by atoms with Gasteiger partial charge in [-0.15, -0.1) is 0 Å². The van der Waals surface area contributed by atoms with E-state index in [1.165, 1.54) is 61.0 Å². The summed E-state index contributed by atoms with van der Waals surface area (Å²) in [5.74, 6) is 0. The summed E-state index contributed by atoms with van der Waals surface area (Å²) in [4.78, 5) is 9.49. The van der Waals surface area contributed by atoms with Crippen LogP contribution in [0.1, 0.15) is 68.4 Å². The maximum Gasteiger partial charge on any atom is 0.107 e. The Hall–Kier alpha value is -1.79. The minimum atomic E-state index is 0.0871. The lowest BCUT2D eigenvalue weighted by Gasteiger charge is -2.41. The first-order chi connectivity index (χ1) is 13.6. The molecule has 2 unspecified atom stereocenters. The normalized spacial score (nSPS) is 25.9. The van der Waals surface area contributed by atoms with Crippen LogP contribution in [0, 0.1) is 6.92 Å². The minimum Gasteiger partial charge on any atom is -0.367 e. The number of aromatic nitrogens is 1. The first-order valence-electron chi connectivity index (χ1n) is 10.4. The third-order valence-electron chi connectivity index (χ3n) is 6.29. The van der Waals surface area contributed by atoms with Gasteiger partial charge < -0.3 is 9.88 Å². The molecule has 2 aliphatic carbocycles. The quantitative estimate of drug-likeness (QED) is 0.572. The number of nitrogens with zero attached hydrogens (tertiary/aromatic N) is 3. The average molecular weight is 398 g/mol. The van der Waals surface area contributed by atoms with Gasteiger partial charge in [0.25, 0.3) is 0 Å². The van der Waals surface area contributed by atoms with Gasteiger partial charge in [-0.25, -0.2) is 0 Å². The van der Waals surface area contributed by atoms with Gasteiger partial charge in [0.15, 0.2) is 0 Å². The number of aliphatic imine (C=N–C) groups is 2. The van der Waals surface area contributed by atoms with Crippen LogP contribution in [0.2, 0.25) is 0 Å². The molecule has 1 aromatic heterocycles. The van der Waals surface area contributed by atoms with E-state index in [9.17, 15) is 0 Å². The summed E-state index contributed by atoms with van der Waals surface area (Å²) < 4.78 is 2.57. The maximum atomic E-state index is 5.63. The second-order valence-electron chi connectivity index (χ2n) is 8.14. The summed E-state index contributed by atoms with van der Waals surface area (Å²) in [6.45, 7) is 5.00. The molecule has 4 rings (SSSR count). The molecule has 0 saturated heterocycles. The molecule has 0 bridgehead atoms. The summed E-state index contributed by atoms with van der Waals surface area (Å²) in [7, 11) is 0. The van der Waals surface area contributed by atoms with Crippen molar-refractivity contribution in [2.24, 2.45) is 15.1 Å². The molecule has 1 fully saturated rings. The van der Waals surface area contributed by atoms with Crippen molar-refractivity contribution in [2.45, 2.75) is 69.2 Å². The molecule has 0 amide bonds. The molecule has 1 saturated carbocycles. The van der Waals surface area contributed by atoms with Crippen molar-refractivity contribution in [1.29, 1.82) is 0 Å². The largest absolute Gasteiger partial charge is 0.367 e. The lowest BCUT2D eigenvalue weighted by molar-refractivity contribution is 0.268. The Bertz CT molecular complexity index is 826. The topological polar surface area (TPSA) is 67.7 Å². The molecule has 5 nitrogen and oxygen atoms in total. The van der Waals surface area contributed by atoms with Gasteiger partial charge in [-0.2, -0.15) is 0 Å². The average Bonchev–Trinajstić information content (AvgIpc) is 3.07. The highest BCUT2D eigenvalue weighted by atomic mass is 32.2. The molecule has 1 spiro atoms. The molecule has 150 valence electrons. The third-order valence-corrected chi connectivity index (χ3v) is 6.99. The van der Waals surface area contributed by atoms with Crippen molar-refractivity contribution in [3.63, 3.8) is 0 Å². The first-order valence-corrected chi connectivity index (χ1v) is 11.3. The number of hydrogen-bond acceptors (Lipinski definition) is 5. The number of allylic oxidation sites excluding steroid dienone is 2. The maximum absolute atomic E-state index is 5.63. The Morgan fingerprint density at radius 1 is 1.39 bits per heavy atom. The van der Waals surface area contributed by atoms with Gasteiger partial charge in [-0.1, -0.05) is 43.4 Å². The number of nitrogens with one attached hydrogen (secondary N) is 1. The fourth-order valence-electron chi connectivity index (χ4n) is 4.70. The molecule has 28 heavy (non-hydrogen) atoms. The van der Waals surface area contributed by atoms with Crippen LogP contribution < -0.4 is 10.5 Å². The van der Waals surface area contributed by atoms with E-state index in [2.05, 4.69) is 59.2 Å². The van der Waals surface area contributed by atoms with Crippen LogP contribution in [0.3, 0.4) is 0 Å². The van der Waals surface area contributed by atoms with Crippen LogP contribution in [-0.2, 0) is 5.54 Å². The predicted molar refractivity (Wildman–Crippen MR) is 120 cm³/mol. The second-order valence-corrected chi connectivity index (χ2v) is 9.02. The minimum absolute atomic E-state index is 0.0871. The van der Waals surface area contributed by atoms with Gasteiger partial charge in [0.1, 0.15) is 6.67 Å². The van der Waals surface area contributed by atoms with E-state index >= 15 is 0 Å². The smallest absolute Gasteiger partial charge is 0.107 e. The van der Waals surface area contributed by atoms with Gasteiger partial charge in [0.05, 0.1) is 11.6 Å². The van der Waals surface area contributed by atoms with Crippen LogP contribution in [-0.4, -0.2) is 28.9 Å². The van der Waals surface area contributed by atoms with Gasteiger partial charge in [-0.3, -0.25) is 15.1 Å². The molecule has 0 aromatic carbocycles. The van der Waals surface area contributed by atoms with Gasteiger partial charge in [0.2, 0.25) is 0 Å². The van der Waals surface area contributed by atoms with E-state index in [4.69, 9.17) is 10.1 Å². The van der Waals surface area contributed by atoms with E-state index in [1.807, 2.05) is 6.21 Å². The molecule has 1 aromatic rings. The zero-order valence-corrected chi connectivity index (χ0v) is 17.7. The Labute approximate surface area is 172 Å². The molecule has 0 radical (unpaired) electrons. The number of nitrogens with two attached hydrogens (primary N) is 1. The van der Waals surface area contributed by atoms with Crippen molar-refractivity contribution in [2.75, 3.05) is 6.67 Å². The van der Waals surface area contributed by atoms with Crippen LogP contribution in [0.25, 0.3) is 0 Å². The second kappa shape index (κ2) is 8.29. The molecular weight excluding hydrogens is 366 g/mol. The lowest BCUT2D eigenvalue weighted by atomic mass is 9.81. The van der Waals surface area contributed by atoms with Crippen LogP contribution >= 0.6 is 11.9 Å². The monoisotopic (exact) mass is 397 g/mol. The summed E-state index contributed by atoms with van der Waals surface area (Å²) in [5, 5.41) is 9.40. The van der Waals surface area contributed by atoms with Crippen molar-refractivity contribution >= 4 is 24.4 Å². The summed E-state index contributed by atoms with van der Waals surface area (Å²) in [6, 6.07) is 2.51. The highest BCUT2D eigenvalue weighted by Gasteiger charge is 2.38. The fourth-order valence-corrected chi connectivity index (χ4v) is 5.07. The molecular formula is C22H31N5S. The molecule has 2 heterocycles. The number of rotatable bonds is 5. The summed E-state index contributed by atoms with van der Waals surface area (Å²) in [6.07, 6.45) is 18.0. The Balaban J connectivity index is 1.47. The van der Waals surface area contributed by atoms with Crippen molar-refractivity contribution in [3.05, 3.63) is 46.9 Å².